The third-order valence-electron chi connectivity index (χ3n) is 2.05. The summed E-state index contributed by atoms with van der Waals surface area (Å²) in [6.45, 7) is 4.32. The van der Waals surface area contributed by atoms with Gasteiger partial charge in [0.15, 0.2) is 11.5 Å². The fourth-order valence-corrected chi connectivity index (χ4v) is 1.64. The number of benzene rings is 1. The van der Waals surface area contributed by atoms with E-state index in [0.717, 1.165) is 0 Å². The largest absolute Gasteiger partial charge is 0.486 e. The van der Waals surface area contributed by atoms with Gasteiger partial charge in [0.1, 0.15) is 13.2 Å². The van der Waals surface area contributed by atoms with Gasteiger partial charge in [0.05, 0.1) is 5.02 Å². The lowest BCUT2D eigenvalue weighted by atomic mass is 10.2. The number of ether oxygens (including phenoxy) is 2. The molecule has 0 aromatic heterocycles. The van der Waals surface area contributed by atoms with Gasteiger partial charge in [0.25, 0.3) is 0 Å². The fraction of sp³-hybridized carbons (Fsp3) is 0.182. The number of carbonyl (C=O) groups excluding carboxylic acids is 1. The molecule has 2 rings (SSSR count). The van der Waals surface area contributed by atoms with Crippen molar-refractivity contribution < 1.29 is 14.3 Å². The zero-order valence-electron chi connectivity index (χ0n) is 8.46. The van der Waals surface area contributed by atoms with Gasteiger partial charge < -0.3 is 14.8 Å². The van der Waals surface area contributed by atoms with Gasteiger partial charge in [-0.3, -0.25) is 4.79 Å². The van der Waals surface area contributed by atoms with Gasteiger partial charge in [-0.15, -0.1) is 0 Å². The second-order valence-corrected chi connectivity index (χ2v) is 3.58. The maximum Gasteiger partial charge on any atom is 0.247 e. The first kappa shape index (κ1) is 10.8. The molecule has 1 aromatic rings. The molecule has 0 unspecified atom stereocenters. The van der Waals surface area contributed by atoms with Crippen LogP contribution in [0.4, 0.5) is 5.69 Å². The summed E-state index contributed by atoms with van der Waals surface area (Å²) in [4.78, 5) is 11.1. The maximum absolute atomic E-state index is 11.1. The Labute approximate surface area is 97.8 Å². The Balaban J connectivity index is 2.31. The minimum absolute atomic E-state index is 0.298. The lowest BCUT2D eigenvalue weighted by molar-refractivity contribution is -0.111. The van der Waals surface area contributed by atoms with E-state index < -0.39 is 0 Å². The highest BCUT2D eigenvalue weighted by atomic mass is 35.5. The first-order chi connectivity index (χ1) is 7.70. The molecule has 0 spiro atoms. The molecule has 0 atom stereocenters. The Morgan fingerprint density at radius 1 is 1.44 bits per heavy atom. The Morgan fingerprint density at radius 2 is 2.19 bits per heavy atom. The average molecular weight is 240 g/mol. The Morgan fingerprint density at radius 3 is 2.94 bits per heavy atom. The van der Waals surface area contributed by atoms with E-state index in [1.165, 1.54) is 6.08 Å². The van der Waals surface area contributed by atoms with Crippen LogP contribution in [0.25, 0.3) is 0 Å². The number of fused-ring (bicyclic) bond motifs is 1. The van der Waals surface area contributed by atoms with Gasteiger partial charge in [0, 0.05) is 11.8 Å². The molecule has 0 radical (unpaired) electrons. The molecule has 0 saturated carbocycles. The summed E-state index contributed by atoms with van der Waals surface area (Å²) >= 11 is 5.99. The predicted molar refractivity (Wildman–Crippen MR) is 61.3 cm³/mol. The van der Waals surface area contributed by atoms with E-state index >= 15 is 0 Å². The zero-order valence-corrected chi connectivity index (χ0v) is 9.21. The van der Waals surface area contributed by atoms with Gasteiger partial charge in [-0.25, -0.2) is 0 Å². The minimum Gasteiger partial charge on any atom is -0.486 e. The first-order valence-corrected chi connectivity index (χ1v) is 5.11. The number of halogens is 1. The molecule has 1 heterocycles. The summed E-state index contributed by atoms with van der Waals surface area (Å²) in [7, 11) is 0. The van der Waals surface area contributed by atoms with Gasteiger partial charge in [-0.1, -0.05) is 18.2 Å². The molecule has 1 aliphatic heterocycles. The highest BCUT2D eigenvalue weighted by Crippen LogP contribution is 2.39. The quantitative estimate of drug-likeness (QED) is 0.806. The molecule has 1 aromatic carbocycles. The number of hydrogen-bond acceptors (Lipinski definition) is 3. The van der Waals surface area contributed by atoms with Gasteiger partial charge >= 0.3 is 0 Å². The molecular formula is C11H10ClNO3. The van der Waals surface area contributed by atoms with E-state index in [0.29, 0.717) is 35.4 Å². The smallest absolute Gasteiger partial charge is 0.247 e. The SMILES string of the molecule is C=CC(=O)Nc1cc(Cl)c2c(c1)OCCO2. The molecule has 5 heteroatoms. The second-order valence-electron chi connectivity index (χ2n) is 3.18. The normalized spacial score (nSPS) is 13.1. The average Bonchev–Trinajstić information content (AvgIpc) is 2.29. The van der Waals surface area contributed by atoms with Crippen LogP contribution >= 0.6 is 11.6 Å². The number of anilines is 1. The van der Waals surface area contributed by atoms with Crippen molar-refractivity contribution in [3.63, 3.8) is 0 Å². The molecule has 0 saturated heterocycles. The number of carbonyl (C=O) groups is 1. The van der Waals surface area contributed by atoms with Gasteiger partial charge in [-0.05, 0) is 12.1 Å². The second kappa shape index (κ2) is 4.45. The summed E-state index contributed by atoms with van der Waals surface area (Å²) in [5.41, 5.74) is 0.555. The van der Waals surface area contributed by atoms with Crippen molar-refractivity contribution in [1.82, 2.24) is 0 Å². The number of amides is 1. The molecule has 84 valence electrons. The van der Waals surface area contributed by atoms with E-state index in [9.17, 15) is 4.79 Å². The molecule has 1 amide bonds. The molecule has 0 bridgehead atoms. The fourth-order valence-electron chi connectivity index (χ4n) is 1.38. The third kappa shape index (κ3) is 2.12. The van der Waals surface area contributed by atoms with Crippen LogP contribution in [0.3, 0.4) is 0 Å². The van der Waals surface area contributed by atoms with Crippen LogP contribution in [0.5, 0.6) is 11.5 Å². The highest BCUT2D eigenvalue weighted by molar-refractivity contribution is 6.32. The van der Waals surface area contributed by atoms with Crippen molar-refractivity contribution in [2.45, 2.75) is 0 Å². The van der Waals surface area contributed by atoms with Crippen LogP contribution in [0.2, 0.25) is 5.02 Å². The maximum atomic E-state index is 11.1. The molecule has 1 N–H and O–H groups in total. The van der Waals surface area contributed by atoms with E-state index in [-0.39, 0.29) is 5.91 Å². The standard InChI is InChI=1S/C11H10ClNO3/c1-2-10(14)13-7-5-8(12)11-9(6-7)15-3-4-16-11/h2,5-6H,1,3-4H2,(H,13,14). The summed E-state index contributed by atoms with van der Waals surface area (Å²) < 4.78 is 10.7. The summed E-state index contributed by atoms with van der Waals surface area (Å²) in [5, 5.41) is 3.02. The van der Waals surface area contributed by atoms with Crippen molar-refractivity contribution >= 4 is 23.2 Å². The van der Waals surface area contributed by atoms with Crippen molar-refractivity contribution in [3.05, 3.63) is 29.8 Å². The molecule has 1 aliphatic rings. The van der Waals surface area contributed by atoms with Crippen LogP contribution in [0, 0.1) is 0 Å². The topological polar surface area (TPSA) is 47.6 Å². The first-order valence-electron chi connectivity index (χ1n) is 4.73. The van der Waals surface area contributed by atoms with Gasteiger partial charge in [0.2, 0.25) is 5.91 Å². The molecule has 16 heavy (non-hydrogen) atoms. The van der Waals surface area contributed by atoms with Gasteiger partial charge in [-0.2, -0.15) is 0 Å². The Bertz CT molecular complexity index is 445. The Kier molecular flexibility index (Phi) is 3.01. The molecule has 0 fully saturated rings. The van der Waals surface area contributed by atoms with Crippen molar-refractivity contribution in [2.75, 3.05) is 18.5 Å². The van der Waals surface area contributed by atoms with E-state index in [1.54, 1.807) is 12.1 Å². The third-order valence-corrected chi connectivity index (χ3v) is 2.33. The van der Waals surface area contributed by atoms with Crippen molar-refractivity contribution in [3.8, 4) is 11.5 Å². The van der Waals surface area contributed by atoms with Crippen LogP contribution < -0.4 is 14.8 Å². The highest BCUT2D eigenvalue weighted by Gasteiger charge is 2.16. The lowest BCUT2D eigenvalue weighted by Crippen LogP contribution is -2.16. The van der Waals surface area contributed by atoms with Crippen LogP contribution in [0.15, 0.2) is 24.8 Å². The lowest BCUT2D eigenvalue weighted by Gasteiger charge is -2.20. The molecular weight excluding hydrogens is 230 g/mol. The van der Waals surface area contributed by atoms with E-state index in [2.05, 4.69) is 11.9 Å². The summed E-state index contributed by atoms with van der Waals surface area (Å²) in [6, 6.07) is 3.28. The van der Waals surface area contributed by atoms with E-state index in [4.69, 9.17) is 21.1 Å². The van der Waals surface area contributed by atoms with Crippen LogP contribution in [-0.2, 0) is 4.79 Å². The monoisotopic (exact) mass is 239 g/mol. The van der Waals surface area contributed by atoms with Crippen LogP contribution in [0.1, 0.15) is 0 Å². The summed E-state index contributed by atoms with van der Waals surface area (Å²) in [5.74, 6) is 0.760. The van der Waals surface area contributed by atoms with Crippen molar-refractivity contribution in [1.29, 1.82) is 0 Å². The number of rotatable bonds is 2. The minimum atomic E-state index is -0.298. The molecule has 0 aliphatic carbocycles. The van der Waals surface area contributed by atoms with Crippen LogP contribution in [-0.4, -0.2) is 19.1 Å². The summed E-state index contributed by atoms with van der Waals surface area (Å²) in [6.07, 6.45) is 1.19. The van der Waals surface area contributed by atoms with Crippen molar-refractivity contribution in [2.24, 2.45) is 0 Å². The predicted octanol–water partition coefficient (Wildman–Crippen LogP) is 2.24. The van der Waals surface area contributed by atoms with E-state index in [1.807, 2.05) is 0 Å². The Hall–Kier alpha value is -1.68. The number of hydrogen-bond donors (Lipinski definition) is 1. The molecule has 4 nitrogen and oxygen atoms in total. The number of nitrogens with one attached hydrogen (secondary N) is 1. The zero-order chi connectivity index (χ0) is 11.5.